The van der Waals surface area contributed by atoms with Crippen molar-refractivity contribution in [1.29, 1.82) is 0 Å². The monoisotopic (exact) mass is 913 g/mol. The van der Waals surface area contributed by atoms with E-state index >= 15 is 0 Å². The molecule has 0 spiro atoms. The molecule has 4 aromatic carbocycles. The first kappa shape index (κ1) is 52.8. The molecule has 4 aromatic rings. The summed E-state index contributed by atoms with van der Waals surface area (Å²) in [5.41, 5.74) is 11.7. The minimum atomic E-state index is 0.863. The van der Waals surface area contributed by atoms with Gasteiger partial charge >= 0.3 is 0 Å². The van der Waals surface area contributed by atoms with Gasteiger partial charge in [0.15, 0.2) is 0 Å². The Kier molecular flexibility index (Phi) is 23.0. The van der Waals surface area contributed by atoms with Crippen LogP contribution in [-0.4, -0.2) is 63.8 Å². The van der Waals surface area contributed by atoms with Gasteiger partial charge in [-0.15, -0.1) is 0 Å². The fourth-order valence-electron chi connectivity index (χ4n) is 8.53. The number of nitrogens with zero attached hydrogens (tertiary/aromatic N) is 6. The predicted molar refractivity (Wildman–Crippen MR) is 305 cm³/mol. The first-order valence-corrected chi connectivity index (χ1v) is 26.0. The van der Waals surface area contributed by atoms with E-state index in [1.54, 1.807) is 0 Å². The van der Waals surface area contributed by atoms with Gasteiger partial charge in [0.25, 0.3) is 0 Å². The van der Waals surface area contributed by atoms with Crippen LogP contribution in [0.5, 0.6) is 0 Å². The van der Waals surface area contributed by atoms with Gasteiger partial charge in [0.05, 0.1) is 0 Å². The second kappa shape index (κ2) is 29.6. The normalized spacial score (nSPS) is 12.6. The summed E-state index contributed by atoms with van der Waals surface area (Å²) in [5, 5.41) is 0. The molecular weight excluding hydrogens is 829 g/mol. The zero-order chi connectivity index (χ0) is 48.4. The fourth-order valence-corrected chi connectivity index (χ4v) is 8.53. The Labute approximate surface area is 413 Å². The maximum Gasteiger partial charge on any atom is 0.212 e. The largest absolute Gasteiger partial charge is 0.372 e. The molecule has 0 aliphatic heterocycles. The number of benzene rings is 4. The van der Waals surface area contributed by atoms with Crippen molar-refractivity contribution < 1.29 is 0 Å². The summed E-state index contributed by atoms with van der Waals surface area (Å²) in [7, 11) is 0. The molecule has 0 heterocycles. The van der Waals surface area contributed by atoms with Crippen molar-refractivity contribution in [3.05, 3.63) is 170 Å². The fraction of sp³-hybridized carbons (Fsp3) is 0.387. The summed E-state index contributed by atoms with van der Waals surface area (Å²) in [6, 6.07) is 36.7. The van der Waals surface area contributed by atoms with E-state index in [0.717, 1.165) is 86.5 Å². The van der Waals surface area contributed by atoms with Crippen LogP contribution in [0, 0.1) is 0 Å². The van der Waals surface area contributed by atoms with Crippen LogP contribution in [0.1, 0.15) is 107 Å². The lowest BCUT2D eigenvalue weighted by Gasteiger charge is -2.24. The van der Waals surface area contributed by atoms with Crippen LogP contribution in [0.4, 0.5) is 45.5 Å². The zero-order valence-electron chi connectivity index (χ0n) is 43.2. The van der Waals surface area contributed by atoms with Crippen LogP contribution >= 0.6 is 0 Å². The first-order chi connectivity index (χ1) is 33.4. The Balaban J connectivity index is 1.64. The predicted octanol–water partition coefficient (Wildman–Crippen LogP) is 15.8. The van der Waals surface area contributed by atoms with Gasteiger partial charge < -0.3 is 19.6 Å². The second-order valence-corrected chi connectivity index (χ2v) is 17.7. The lowest BCUT2D eigenvalue weighted by molar-refractivity contribution is 0.678. The van der Waals surface area contributed by atoms with Crippen molar-refractivity contribution in [2.24, 2.45) is 0 Å². The molecule has 0 atom stereocenters. The molecule has 0 saturated heterocycles. The molecule has 0 fully saturated rings. The van der Waals surface area contributed by atoms with Crippen molar-refractivity contribution in [1.82, 2.24) is 9.15 Å². The molecule has 1 aliphatic carbocycles. The van der Waals surface area contributed by atoms with Crippen molar-refractivity contribution in [2.75, 3.05) is 72.0 Å². The van der Waals surface area contributed by atoms with Crippen molar-refractivity contribution in [2.45, 2.75) is 107 Å². The molecule has 360 valence electrons. The van der Waals surface area contributed by atoms with Crippen LogP contribution in [0.15, 0.2) is 170 Å². The van der Waals surface area contributed by atoms with E-state index in [-0.39, 0.29) is 0 Å². The Bertz CT molecular complexity index is 2090. The summed E-state index contributed by atoms with van der Waals surface area (Å²) in [6.45, 7) is 25.3. The van der Waals surface area contributed by atoms with Gasteiger partial charge in [0.1, 0.15) is 0 Å². The highest BCUT2D eigenvalue weighted by Gasteiger charge is 2.25. The third-order valence-corrected chi connectivity index (χ3v) is 12.6. The molecule has 0 saturated carbocycles. The average molecular weight is 913 g/mol. The quantitative estimate of drug-likeness (QED) is 0.0321. The van der Waals surface area contributed by atoms with E-state index in [1.165, 1.54) is 74.1 Å². The summed E-state index contributed by atoms with van der Waals surface area (Å²) < 4.78 is 4.81. The molecule has 0 unspecified atom stereocenters. The molecule has 0 amide bonds. The number of hydrogen-bond acceptors (Lipinski definition) is 4. The number of allylic oxidation sites excluding steroid dienone is 8. The van der Waals surface area contributed by atoms with Crippen molar-refractivity contribution >= 4 is 56.9 Å². The SMILES string of the molecule is C/C=C/CN(C/C=C/C)c1ccc([N+](=C2C=CC(=[N+](c3ccc(N(C/C=C/C)C/C=C/C)cc3)c3ccc(N(CCCC)CCCC)cc3)C=C2)c2ccc(N(CCCC)CCCC)cc2)cc1. The smallest absolute Gasteiger partial charge is 0.212 e. The Hall–Kier alpha value is -6.14. The summed E-state index contributed by atoms with van der Waals surface area (Å²) in [6.07, 6.45) is 36.2. The number of unbranched alkanes of at least 4 members (excludes halogenated alkanes) is 4. The minimum absolute atomic E-state index is 0.863. The van der Waals surface area contributed by atoms with E-state index in [0.29, 0.717) is 0 Å². The maximum absolute atomic E-state index is 2.57. The number of rotatable bonds is 28. The molecule has 0 bridgehead atoms. The van der Waals surface area contributed by atoms with Gasteiger partial charge in [-0.25, -0.2) is 0 Å². The van der Waals surface area contributed by atoms with Gasteiger partial charge in [0, 0.05) is 148 Å². The van der Waals surface area contributed by atoms with Crippen LogP contribution in [-0.2, 0) is 0 Å². The molecule has 6 heteroatoms. The highest BCUT2D eigenvalue weighted by molar-refractivity contribution is 6.20. The number of anilines is 4. The molecule has 6 nitrogen and oxygen atoms in total. The summed E-state index contributed by atoms with van der Waals surface area (Å²) >= 11 is 0. The first-order valence-electron chi connectivity index (χ1n) is 26.0. The summed E-state index contributed by atoms with van der Waals surface area (Å²) in [5.74, 6) is 0. The van der Waals surface area contributed by atoms with Crippen molar-refractivity contribution in [3.8, 4) is 0 Å². The standard InChI is InChI=1S/C62H84N6/c1-9-17-45-63(46-18-10-2)53-25-33-57(34-26-53)67(58-35-27-54(28-36-58)64(47-19-11-3)48-20-12-4)61-41-43-62(44-42-61)68(59-37-29-55(30-38-59)65(49-21-13-5)50-22-14-6)60-39-31-56(32-40-60)66(51-23-15-7)52-24-16-8/h9-10,13-14,17-18,21-22,25-44H,11-12,15-16,19-20,23-24,45-52H2,1-8H3/q+2/b17-9+,18-10+,21-13+,22-14+. The van der Waals surface area contributed by atoms with E-state index in [4.69, 9.17) is 0 Å². The molecule has 0 aromatic heterocycles. The van der Waals surface area contributed by atoms with Crippen LogP contribution in [0.25, 0.3) is 0 Å². The van der Waals surface area contributed by atoms with Gasteiger partial charge in [0.2, 0.25) is 34.2 Å². The molecular formula is C62H84N6+2. The maximum atomic E-state index is 2.57. The lowest BCUT2D eigenvalue weighted by Crippen LogP contribution is -2.25. The van der Waals surface area contributed by atoms with Gasteiger partial charge in [-0.2, -0.15) is 9.15 Å². The topological polar surface area (TPSA) is 19.0 Å². The molecule has 1 aliphatic rings. The summed E-state index contributed by atoms with van der Waals surface area (Å²) in [4.78, 5) is 9.95. The second-order valence-electron chi connectivity index (χ2n) is 17.7. The third kappa shape index (κ3) is 15.4. The van der Waals surface area contributed by atoms with Crippen molar-refractivity contribution in [3.63, 3.8) is 0 Å². The van der Waals surface area contributed by atoms with E-state index in [9.17, 15) is 0 Å². The van der Waals surface area contributed by atoms with Crippen LogP contribution in [0.2, 0.25) is 0 Å². The van der Waals surface area contributed by atoms with Gasteiger partial charge in [-0.3, -0.25) is 0 Å². The average Bonchev–Trinajstić information content (AvgIpc) is 3.38. The van der Waals surface area contributed by atoms with Gasteiger partial charge in [-0.05, 0) is 102 Å². The van der Waals surface area contributed by atoms with E-state index < -0.39 is 0 Å². The Morgan fingerprint density at radius 2 is 0.544 bits per heavy atom. The molecule has 5 rings (SSSR count). The van der Waals surface area contributed by atoms with E-state index in [2.05, 4.69) is 254 Å². The highest BCUT2D eigenvalue weighted by Crippen LogP contribution is 2.31. The zero-order valence-corrected chi connectivity index (χ0v) is 43.2. The molecule has 0 N–H and O–H groups in total. The highest BCUT2D eigenvalue weighted by atomic mass is 15.1. The molecule has 0 radical (unpaired) electrons. The lowest BCUT2D eigenvalue weighted by atomic mass is 10.1. The number of hydrogen-bond donors (Lipinski definition) is 0. The Morgan fingerprint density at radius 3 is 0.750 bits per heavy atom. The van der Waals surface area contributed by atoms with Crippen LogP contribution < -0.4 is 28.8 Å². The minimum Gasteiger partial charge on any atom is -0.372 e. The third-order valence-electron chi connectivity index (χ3n) is 12.6. The Morgan fingerprint density at radius 1 is 0.324 bits per heavy atom. The molecule has 68 heavy (non-hydrogen) atoms. The van der Waals surface area contributed by atoms with E-state index in [1.807, 2.05) is 0 Å². The van der Waals surface area contributed by atoms with Gasteiger partial charge in [-0.1, -0.05) is 102 Å². The van der Waals surface area contributed by atoms with Crippen LogP contribution in [0.3, 0.4) is 0 Å².